The molecule has 0 aromatic heterocycles. The number of nitrogens with zero attached hydrogens (tertiary/aromatic N) is 1. The topological polar surface area (TPSA) is 67.9 Å². The molecule has 1 spiro atoms. The van der Waals surface area contributed by atoms with Gasteiger partial charge in [-0.05, 0) is 49.3 Å². The zero-order chi connectivity index (χ0) is 20.8. The lowest BCUT2D eigenvalue weighted by atomic mass is 9.68. The lowest BCUT2D eigenvalue weighted by molar-refractivity contribution is -0.275. The predicted molar refractivity (Wildman–Crippen MR) is 91.6 cm³/mol. The number of carbonyl (C=O) groups is 2. The van der Waals surface area contributed by atoms with Gasteiger partial charge >= 0.3 is 12.5 Å². The Morgan fingerprint density at radius 1 is 1.24 bits per heavy atom. The second-order valence-electron chi connectivity index (χ2n) is 7.92. The quantitative estimate of drug-likeness (QED) is 0.768. The van der Waals surface area contributed by atoms with Gasteiger partial charge in [0.05, 0.1) is 5.54 Å². The van der Waals surface area contributed by atoms with Gasteiger partial charge in [0.2, 0.25) is 5.91 Å². The number of carbonyl (C=O) groups excluding carboxylic acids is 2. The number of hydrogen-bond donors (Lipinski definition) is 1. The van der Waals surface area contributed by atoms with Gasteiger partial charge in [-0.2, -0.15) is 0 Å². The first-order valence-corrected chi connectivity index (χ1v) is 9.43. The van der Waals surface area contributed by atoms with Crippen molar-refractivity contribution < 1.29 is 36.6 Å². The van der Waals surface area contributed by atoms with Crippen LogP contribution in [-0.4, -0.2) is 48.5 Å². The van der Waals surface area contributed by atoms with E-state index in [1.54, 1.807) is 4.90 Å². The number of likely N-dealkylation sites (tertiary alicyclic amines) is 1. The molecule has 1 aromatic carbocycles. The Morgan fingerprint density at radius 2 is 1.93 bits per heavy atom. The lowest BCUT2D eigenvalue weighted by Gasteiger charge is -2.45. The minimum Gasteiger partial charge on any atom is -0.447 e. The average Bonchev–Trinajstić information content (AvgIpc) is 3.03. The van der Waals surface area contributed by atoms with E-state index >= 15 is 0 Å². The molecule has 0 unspecified atom stereocenters. The van der Waals surface area contributed by atoms with Gasteiger partial charge in [0.15, 0.2) is 11.6 Å². The second-order valence-corrected chi connectivity index (χ2v) is 7.92. The van der Waals surface area contributed by atoms with Crippen LogP contribution in [0.3, 0.4) is 0 Å². The first kappa shape index (κ1) is 19.8. The molecule has 0 atom stereocenters. The van der Waals surface area contributed by atoms with E-state index in [9.17, 15) is 27.2 Å². The molecule has 4 rings (SSSR count). The van der Waals surface area contributed by atoms with Crippen LogP contribution in [0.2, 0.25) is 0 Å². The molecule has 0 bridgehead atoms. The molecule has 0 radical (unpaired) electrons. The van der Waals surface area contributed by atoms with Crippen molar-refractivity contribution in [3.8, 4) is 5.75 Å². The van der Waals surface area contributed by atoms with Crippen LogP contribution in [0.1, 0.15) is 37.2 Å². The van der Waals surface area contributed by atoms with Gasteiger partial charge in [-0.25, -0.2) is 9.18 Å². The van der Waals surface area contributed by atoms with Gasteiger partial charge in [-0.15, -0.1) is 13.2 Å². The monoisotopic (exact) mass is 416 g/mol. The van der Waals surface area contributed by atoms with Crippen LogP contribution >= 0.6 is 0 Å². The summed E-state index contributed by atoms with van der Waals surface area (Å²) in [6.07, 6.45) is -3.17. The fourth-order valence-corrected chi connectivity index (χ4v) is 4.44. The maximum Gasteiger partial charge on any atom is 0.573 e. The molecule has 1 saturated carbocycles. The molecule has 10 heteroatoms. The number of rotatable bonds is 3. The van der Waals surface area contributed by atoms with Crippen molar-refractivity contribution in [1.82, 2.24) is 10.2 Å². The van der Waals surface area contributed by atoms with Gasteiger partial charge in [0.1, 0.15) is 6.61 Å². The van der Waals surface area contributed by atoms with Crippen LogP contribution in [0, 0.1) is 11.7 Å². The molecule has 3 fully saturated rings. The highest BCUT2D eigenvalue weighted by molar-refractivity contribution is 5.81. The van der Waals surface area contributed by atoms with Crippen LogP contribution in [0.15, 0.2) is 18.2 Å². The van der Waals surface area contributed by atoms with Crippen molar-refractivity contribution in [3.63, 3.8) is 0 Å². The molecule has 2 amide bonds. The first-order chi connectivity index (χ1) is 13.6. The van der Waals surface area contributed by atoms with E-state index in [0.717, 1.165) is 12.1 Å². The summed E-state index contributed by atoms with van der Waals surface area (Å²) in [6.45, 7) is 1.23. The Hall–Kier alpha value is -2.52. The number of cyclic esters (lactones) is 1. The summed E-state index contributed by atoms with van der Waals surface area (Å²) in [5.74, 6) is -2.12. The SMILES string of the molecule is O=C1N[C@]2(CO1)C[C@H](C(=O)N1CCC(c3ccc(F)c(OC(F)(F)F)c3)CC1)C2. The molecule has 2 saturated heterocycles. The molecular formula is C19H20F4N2O4. The molecule has 158 valence electrons. The highest BCUT2D eigenvalue weighted by Gasteiger charge is 2.53. The number of nitrogens with one attached hydrogen (secondary N) is 1. The third-order valence-electron chi connectivity index (χ3n) is 5.93. The standard InChI is InChI=1S/C19H20F4N2O4/c20-14-2-1-12(7-15(14)29-19(21,22)23)11-3-5-25(6-4-11)16(26)13-8-18(9-13)10-28-17(27)24-18/h1-2,7,11,13H,3-6,8-10H2,(H,24,27)/t13-,18+. The van der Waals surface area contributed by atoms with Crippen molar-refractivity contribution in [3.05, 3.63) is 29.6 Å². The number of ether oxygens (including phenoxy) is 2. The van der Waals surface area contributed by atoms with E-state index < -0.39 is 29.6 Å². The van der Waals surface area contributed by atoms with Crippen molar-refractivity contribution in [2.24, 2.45) is 5.92 Å². The molecule has 2 aliphatic heterocycles. The van der Waals surface area contributed by atoms with Crippen LogP contribution in [0.25, 0.3) is 0 Å². The molecule has 6 nitrogen and oxygen atoms in total. The largest absolute Gasteiger partial charge is 0.573 e. The number of piperidine rings is 1. The fourth-order valence-electron chi connectivity index (χ4n) is 4.44. The van der Waals surface area contributed by atoms with Gasteiger partial charge in [-0.3, -0.25) is 4.79 Å². The highest BCUT2D eigenvalue weighted by Crippen LogP contribution is 2.42. The Bertz CT molecular complexity index is 815. The van der Waals surface area contributed by atoms with Crippen molar-refractivity contribution in [1.29, 1.82) is 0 Å². The fraction of sp³-hybridized carbons (Fsp3) is 0.579. The van der Waals surface area contributed by atoms with Crippen LogP contribution < -0.4 is 10.1 Å². The highest BCUT2D eigenvalue weighted by atomic mass is 19.4. The van der Waals surface area contributed by atoms with Gasteiger partial charge in [-0.1, -0.05) is 6.07 Å². The third kappa shape index (κ3) is 4.11. The number of alkyl carbamates (subject to hydrolysis) is 1. The maximum atomic E-state index is 13.6. The zero-order valence-corrected chi connectivity index (χ0v) is 15.4. The van der Waals surface area contributed by atoms with Crippen LogP contribution in [-0.2, 0) is 9.53 Å². The van der Waals surface area contributed by atoms with Crippen molar-refractivity contribution in [2.75, 3.05) is 19.7 Å². The van der Waals surface area contributed by atoms with E-state index in [2.05, 4.69) is 10.1 Å². The lowest BCUT2D eigenvalue weighted by Crippen LogP contribution is -2.58. The predicted octanol–water partition coefficient (Wildman–Crippen LogP) is 3.32. The molecule has 1 aliphatic carbocycles. The third-order valence-corrected chi connectivity index (χ3v) is 5.93. The zero-order valence-electron chi connectivity index (χ0n) is 15.4. The number of amides is 2. The molecule has 1 aromatic rings. The summed E-state index contributed by atoms with van der Waals surface area (Å²) in [5, 5.41) is 2.75. The summed E-state index contributed by atoms with van der Waals surface area (Å²) in [4.78, 5) is 25.6. The van der Waals surface area contributed by atoms with Crippen molar-refractivity contribution in [2.45, 2.75) is 43.5 Å². The number of alkyl halides is 3. The Balaban J connectivity index is 1.32. The smallest absolute Gasteiger partial charge is 0.447 e. The molecule has 3 aliphatic rings. The van der Waals surface area contributed by atoms with Gasteiger partial charge in [0.25, 0.3) is 0 Å². The minimum atomic E-state index is -4.96. The molecule has 2 heterocycles. The Morgan fingerprint density at radius 3 is 2.52 bits per heavy atom. The normalized spacial score (nSPS) is 27.4. The van der Waals surface area contributed by atoms with E-state index in [1.165, 1.54) is 6.07 Å². The van der Waals surface area contributed by atoms with E-state index in [4.69, 9.17) is 4.74 Å². The second kappa shape index (κ2) is 7.07. The Kier molecular flexibility index (Phi) is 4.82. The Labute approximate surface area is 164 Å². The molecule has 1 N–H and O–H groups in total. The first-order valence-electron chi connectivity index (χ1n) is 9.43. The van der Waals surface area contributed by atoms with E-state index in [-0.39, 0.29) is 24.3 Å². The van der Waals surface area contributed by atoms with Crippen LogP contribution in [0.5, 0.6) is 5.75 Å². The summed E-state index contributed by atoms with van der Waals surface area (Å²) >= 11 is 0. The summed E-state index contributed by atoms with van der Waals surface area (Å²) in [6, 6.07) is 3.52. The van der Waals surface area contributed by atoms with Gasteiger partial charge < -0.3 is 19.7 Å². The number of halogens is 4. The maximum absolute atomic E-state index is 13.6. The minimum absolute atomic E-state index is 0.0235. The van der Waals surface area contributed by atoms with E-state index in [1.807, 2.05) is 0 Å². The number of hydrogen-bond acceptors (Lipinski definition) is 4. The van der Waals surface area contributed by atoms with Crippen LogP contribution in [0.4, 0.5) is 22.4 Å². The van der Waals surface area contributed by atoms with E-state index in [0.29, 0.717) is 44.3 Å². The average molecular weight is 416 g/mol. The number of benzene rings is 1. The van der Waals surface area contributed by atoms with Crippen molar-refractivity contribution >= 4 is 12.0 Å². The molecule has 29 heavy (non-hydrogen) atoms. The summed E-state index contributed by atoms with van der Waals surface area (Å²) in [5.41, 5.74) is 0.143. The van der Waals surface area contributed by atoms with Gasteiger partial charge in [0, 0.05) is 19.0 Å². The molecular weight excluding hydrogens is 396 g/mol. The summed E-state index contributed by atoms with van der Waals surface area (Å²) < 4.78 is 59.5. The summed E-state index contributed by atoms with van der Waals surface area (Å²) in [7, 11) is 0.